The highest BCUT2D eigenvalue weighted by atomic mass is 79.9. The van der Waals surface area contributed by atoms with E-state index in [-0.39, 0.29) is 4.90 Å². The van der Waals surface area contributed by atoms with E-state index in [1.54, 1.807) is 11.2 Å². The summed E-state index contributed by atoms with van der Waals surface area (Å²) in [7, 11) is -3.39. The Kier molecular flexibility index (Phi) is 3.61. The molecule has 7 heteroatoms. The van der Waals surface area contributed by atoms with Gasteiger partial charge in [-0.1, -0.05) is 22.9 Å². The number of aromatic amines is 1. The fourth-order valence-electron chi connectivity index (χ4n) is 2.04. The molecule has 2 atom stereocenters. The van der Waals surface area contributed by atoms with Gasteiger partial charge in [0, 0.05) is 17.9 Å². The first-order chi connectivity index (χ1) is 7.93. The average molecular weight is 322 g/mol. The van der Waals surface area contributed by atoms with Gasteiger partial charge in [0.15, 0.2) is 0 Å². The first-order valence-electron chi connectivity index (χ1n) is 5.57. The molecule has 2 rings (SSSR count). The SMILES string of the molecule is Cc1[nH]ncc1S(=O)(=O)N1CCC(Br)C(C)C1. The number of piperidine rings is 1. The van der Waals surface area contributed by atoms with Crippen molar-refractivity contribution < 1.29 is 8.42 Å². The van der Waals surface area contributed by atoms with Crippen molar-refractivity contribution in [3.8, 4) is 0 Å². The molecule has 0 bridgehead atoms. The Bertz CT molecular complexity index is 499. The van der Waals surface area contributed by atoms with Crippen molar-refractivity contribution in [2.45, 2.75) is 30.0 Å². The third kappa shape index (κ3) is 2.41. The number of halogens is 1. The van der Waals surface area contributed by atoms with E-state index in [0.717, 1.165) is 6.42 Å². The number of aromatic nitrogens is 2. The van der Waals surface area contributed by atoms with Gasteiger partial charge in [-0.15, -0.1) is 0 Å². The molecule has 0 aromatic carbocycles. The molecule has 1 aromatic heterocycles. The van der Waals surface area contributed by atoms with Crippen LogP contribution in [0.15, 0.2) is 11.1 Å². The normalized spacial score (nSPS) is 27.2. The van der Waals surface area contributed by atoms with Crippen molar-refractivity contribution >= 4 is 26.0 Å². The molecule has 1 fully saturated rings. The second-order valence-corrected chi connectivity index (χ2v) is 7.59. The van der Waals surface area contributed by atoms with Gasteiger partial charge in [-0.05, 0) is 19.3 Å². The molecule has 0 spiro atoms. The Hall–Kier alpha value is -0.400. The van der Waals surface area contributed by atoms with Crippen LogP contribution in [0.25, 0.3) is 0 Å². The summed E-state index contributed by atoms with van der Waals surface area (Å²) in [4.78, 5) is 0.692. The van der Waals surface area contributed by atoms with Crippen LogP contribution in [0.3, 0.4) is 0 Å². The van der Waals surface area contributed by atoms with Crippen LogP contribution >= 0.6 is 15.9 Å². The molecule has 1 saturated heterocycles. The number of hydrogen-bond donors (Lipinski definition) is 1. The summed E-state index contributed by atoms with van der Waals surface area (Å²) in [6.45, 7) is 4.90. The van der Waals surface area contributed by atoms with E-state index in [1.165, 1.54) is 6.20 Å². The summed E-state index contributed by atoms with van der Waals surface area (Å²) in [5.74, 6) is 0.325. The van der Waals surface area contributed by atoms with Gasteiger partial charge in [-0.2, -0.15) is 9.40 Å². The molecule has 5 nitrogen and oxygen atoms in total. The van der Waals surface area contributed by atoms with E-state index in [2.05, 4.69) is 33.1 Å². The lowest BCUT2D eigenvalue weighted by Gasteiger charge is -2.33. The summed E-state index contributed by atoms with van der Waals surface area (Å²) in [5, 5.41) is 6.45. The highest BCUT2D eigenvalue weighted by molar-refractivity contribution is 9.09. The van der Waals surface area contributed by atoms with E-state index in [1.807, 2.05) is 0 Å². The monoisotopic (exact) mass is 321 g/mol. The van der Waals surface area contributed by atoms with Gasteiger partial charge < -0.3 is 0 Å². The van der Waals surface area contributed by atoms with Gasteiger partial charge in [0.1, 0.15) is 4.90 Å². The van der Waals surface area contributed by atoms with Crippen LogP contribution in [0.4, 0.5) is 0 Å². The standard InChI is InChI=1S/C10H16BrN3O2S/c1-7-6-14(4-3-9(7)11)17(15,16)10-5-12-13-8(10)2/h5,7,9H,3-4,6H2,1-2H3,(H,12,13). The number of H-pyrrole nitrogens is 1. The molecular formula is C10H16BrN3O2S. The Morgan fingerprint density at radius 2 is 2.29 bits per heavy atom. The van der Waals surface area contributed by atoms with Crippen molar-refractivity contribution in [2.24, 2.45) is 5.92 Å². The average Bonchev–Trinajstić information content (AvgIpc) is 2.69. The van der Waals surface area contributed by atoms with Gasteiger partial charge in [-0.3, -0.25) is 5.10 Å². The minimum Gasteiger partial charge on any atom is -0.281 e. The molecule has 0 aliphatic carbocycles. The molecule has 1 aromatic rings. The van der Waals surface area contributed by atoms with E-state index >= 15 is 0 Å². The molecule has 0 radical (unpaired) electrons. The van der Waals surface area contributed by atoms with Crippen molar-refractivity contribution in [3.05, 3.63) is 11.9 Å². The maximum Gasteiger partial charge on any atom is 0.246 e. The highest BCUT2D eigenvalue weighted by Gasteiger charge is 2.33. The Labute approximate surface area is 110 Å². The molecule has 1 N–H and O–H groups in total. The van der Waals surface area contributed by atoms with Gasteiger partial charge >= 0.3 is 0 Å². The lowest BCUT2D eigenvalue weighted by atomic mass is 10.0. The number of hydrogen-bond acceptors (Lipinski definition) is 3. The summed E-state index contributed by atoms with van der Waals surface area (Å²) >= 11 is 3.57. The molecule has 1 aliphatic heterocycles. The van der Waals surface area contributed by atoms with Crippen LogP contribution in [0, 0.1) is 12.8 Å². The number of nitrogens with one attached hydrogen (secondary N) is 1. The second kappa shape index (κ2) is 4.70. The van der Waals surface area contributed by atoms with E-state index in [0.29, 0.717) is 29.5 Å². The zero-order valence-corrected chi connectivity index (χ0v) is 12.3. The number of rotatable bonds is 2. The molecule has 2 heterocycles. The molecule has 1 aliphatic rings. The third-order valence-corrected chi connectivity index (χ3v) is 6.50. The van der Waals surface area contributed by atoms with Gasteiger partial charge in [0.05, 0.1) is 11.9 Å². The minimum absolute atomic E-state index is 0.290. The first kappa shape index (κ1) is 13.0. The molecule has 96 valence electrons. The summed E-state index contributed by atoms with van der Waals surface area (Å²) in [6, 6.07) is 0. The van der Waals surface area contributed by atoms with Crippen molar-refractivity contribution in [1.82, 2.24) is 14.5 Å². The number of aryl methyl sites for hydroxylation is 1. The molecule has 0 amide bonds. The number of sulfonamides is 1. The predicted molar refractivity (Wildman–Crippen MR) is 68.6 cm³/mol. The summed E-state index contributed by atoms with van der Waals surface area (Å²) in [5.41, 5.74) is 0.596. The van der Waals surface area contributed by atoms with Crippen molar-refractivity contribution in [3.63, 3.8) is 0 Å². The number of alkyl halides is 1. The lowest BCUT2D eigenvalue weighted by Crippen LogP contribution is -2.43. The lowest BCUT2D eigenvalue weighted by molar-refractivity contribution is 0.291. The van der Waals surface area contributed by atoms with Crippen LogP contribution in [-0.4, -0.2) is 40.8 Å². The van der Waals surface area contributed by atoms with E-state index in [9.17, 15) is 8.42 Å². The fourth-order valence-corrected chi connectivity index (χ4v) is 4.08. The largest absolute Gasteiger partial charge is 0.281 e. The summed E-state index contributed by atoms with van der Waals surface area (Å²) in [6.07, 6.45) is 2.23. The van der Waals surface area contributed by atoms with Crippen molar-refractivity contribution in [1.29, 1.82) is 0 Å². The van der Waals surface area contributed by atoms with Crippen LogP contribution in [-0.2, 0) is 10.0 Å². The smallest absolute Gasteiger partial charge is 0.246 e. The minimum atomic E-state index is -3.39. The van der Waals surface area contributed by atoms with Gasteiger partial charge in [0.2, 0.25) is 10.0 Å². The van der Waals surface area contributed by atoms with E-state index < -0.39 is 10.0 Å². The van der Waals surface area contributed by atoms with Gasteiger partial charge in [-0.25, -0.2) is 8.42 Å². The first-order valence-corrected chi connectivity index (χ1v) is 7.92. The predicted octanol–water partition coefficient (Wildman–Crippen LogP) is 1.51. The second-order valence-electron chi connectivity index (χ2n) is 4.50. The highest BCUT2D eigenvalue weighted by Crippen LogP contribution is 2.28. The molecule has 17 heavy (non-hydrogen) atoms. The molecule has 0 saturated carbocycles. The topological polar surface area (TPSA) is 66.1 Å². The van der Waals surface area contributed by atoms with Crippen LogP contribution in [0.2, 0.25) is 0 Å². The number of nitrogens with zero attached hydrogens (tertiary/aromatic N) is 2. The zero-order valence-electron chi connectivity index (χ0n) is 9.85. The Morgan fingerprint density at radius 1 is 1.59 bits per heavy atom. The summed E-state index contributed by atoms with van der Waals surface area (Å²) < 4.78 is 26.3. The quantitative estimate of drug-likeness (QED) is 0.840. The van der Waals surface area contributed by atoms with Crippen molar-refractivity contribution in [2.75, 3.05) is 13.1 Å². The van der Waals surface area contributed by atoms with Gasteiger partial charge in [0.25, 0.3) is 0 Å². The third-order valence-electron chi connectivity index (χ3n) is 3.16. The maximum atomic E-state index is 12.4. The Balaban J connectivity index is 2.26. The van der Waals surface area contributed by atoms with Crippen LogP contribution < -0.4 is 0 Å². The molecular weight excluding hydrogens is 306 g/mol. The molecule has 2 unspecified atom stereocenters. The Morgan fingerprint density at radius 3 is 2.82 bits per heavy atom. The zero-order chi connectivity index (χ0) is 12.6. The fraction of sp³-hybridized carbons (Fsp3) is 0.700. The van der Waals surface area contributed by atoms with Crippen LogP contribution in [0.1, 0.15) is 19.0 Å². The van der Waals surface area contributed by atoms with Crippen LogP contribution in [0.5, 0.6) is 0 Å². The van der Waals surface area contributed by atoms with E-state index in [4.69, 9.17) is 0 Å². The maximum absolute atomic E-state index is 12.4.